The third kappa shape index (κ3) is 4.70. The van der Waals surface area contributed by atoms with Crippen molar-refractivity contribution in [3.8, 4) is 0 Å². The molecule has 0 aromatic heterocycles. The van der Waals surface area contributed by atoms with E-state index in [9.17, 15) is 14.7 Å². The zero-order valence-corrected chi connectivity index (χ0v) is 17.2. The summed E-state index contributed by atoms with van der Waals surface area (Å²) in [4.78, 5) is 26.1. The fourth-order valence-electron chi connectivity index (χ4n) is 3.82. The van der Waals surface area contributed by atoms with Crippen molar-refractivity contribution in [1.29, 1.82) is 0 Å². The Labute approximate surface area is 171 Å². The van der Waals surface area contributed by atoms with E-state index >= 15 is 0 Å². The SMILES string of the molecule is CCCC1(CC(=O)O)Nc2ccc(N(Cc3ccccc3)C(=O)C(C)C)cc2N1. The lowest BCUT2D eigenvalue weighted by molar-refractivity contribution is -0.138. The van der Waals surface area contributed by atoms with Crippen LogP contribution < -0.4 is 15.5 Å². The molecule has 1 atom stereocenters. The fourth-order valence-corrected chi connectivity index (χ4v) is 3.82. The highest BCUT2D eigenvalue weighted by Gasteiger charge is 2.38. The molecular formula is C23H29N3O3. The van der Waals surface area contributed by atoms with Crippen LogP contribution >= 0.6 is 0 Å². The van der Waals surface area contributed by atoms with Crippen molar-refractivity contribution in [3.63, 3.8) is 0 Å². The van der Waals surface area contributed by atoms with E-state index in [1.807, 2.05) is 69.3 Å². The number of hydrogen-bond acceptors (Lipinski definition) is 4. The van der Waals surface area contributed by atoms with Gasteiger partial charge in [-0.2, -0.15) is 0 Å². The van der Waals surface area contributed by atoms with Crippen LogP contribution in [0.3, 0.4) is 0 Å². The number of carboxylic acids is 1. The first-order chi connectivity index (χ1) is 13.8. The summed E-state index contributed by atoms with van der Waals surface area (Å²) in [6.07, 6.45) is 1.51. The van der Waals surface area contributed by atoms with Crippen molar-refractivity contribution in [2.24, 2.45) is 5.92 Å². The van der Waals surface area contributed by atoms with Crippen LogP contribution in [0, 0.1) is 5.92 Å². The standard InChI is InChI=1S/C23H29N3O3/c1-4-12-23(14-21(27)28)24-19-11-10-18(13-20(19)25-23)26(22(29)16(2)3)15-17-8-6-5-7-9-17/h5-11,13,16,24-25H,4,12,14-15H2,1-3H3,(H,27,28). The Morgan fingerprint density at radius 3 is 2.38 bits per heavy atom. The minimum atomic E-state index is -0.854. The molecule has 1 heterocycles. The summed E-state index contributed by atoms with van der Waals surface area (Å²) in [5, 5.41) is 16.1. The summed E-state index contributed by atoms with van der Waals surface area (Å²) in [5.41, 5.74) is 2.84. The number of nitrogens with one attached hydrogen (secondary N) is 2. The van der Waals surface area contributed by atoms with Crippen LogP contribution in [-0.2, 0) is 16.1 Å². The molecule has 3 rings (SSSR count). The summed E-state index contributed by atoms with van der Waals surface area (Å²) in [6, 6.07) is 15.7. The molecule has 2 aromatic rings. The Kier molecular flexibility index (Phi) is 6.11. The highest BCUT2D eigenvalue weighted by Crippen LogP contribution is 2.40. The molecule has 0 radical (unpaired) electrons. The molecule has 6 heteroatoms. The van der Waals surface area contributed by atoms with E-state index in [1.165, 1.54) is 0 Å². The third-order valence-electron chi connectivity index (χ3n) is 5.14. The van der Waals surface area contributed by atoms with Gasteiger partial charge in [-0.05, 0) is 30.2 Å². The van der Waals surface area contributed by atoms with Gasteiger partial charge in [0, 0.05) is 11.6 Å². The van der Waals surface area contributed by atoms with Crippen molar-refractivity contribution in [3.05, 3.63) is 54.1 Å². The number of anilines is 3. The first-order valence-corrected chi connectivity index (χ1v) is 10.1. The van der Waals surface area contributed by atoms with E-state index in [4.69, 9.17) is 0 Å². The van der Waals surface area contributed by atoms with Gasteiger partial charge in [0.1, 0.15) is 5.66 Å². The summed E-state index contributed by atoms with van der Waals surface area (Å²) in [7, 11) is 0. The van der Waals surface area contributed by atoms with E-state index in [-0.39, 0.29) is 18.2 Å². The van der Waals surface area contributed by atoms with E-state index in [2.05, 4.69) is 10.6 Å². The second-order valence-electron chi connectivity index (χ2n) is 7.95. The monoisotopic (exact) mass is 395 g/mol. The molecular weight excluding hydrogens is 366 g/mol. The van der Waals surface area contributed by atoms with Crippen molar-refractivity contribution in [1.82, 2.24) is 0 Å². The van der Waals surface area contributed by atoms with Crippen molar-refractivity contribution in [2.75, 3.05) is 15.5 Å². The van der Waals surface area contributed by atoms with Gasteiger partial charge in [0.15, 0.2) is 0 Å². The maximum atomic E-state index is 12.9. The van der Waals surface area contributed by atoms with Crippen LogP contribution in [0.1, 0.15) is 45.6 Å². The van der Waals surface area contributed by atoms with Crippen molar-refractivity contribution < 1.29 is 14.7 Å². The molecule has 2 aromatic carbocycles. The highest BCUT2D eigenvalue weighted by molar-refractivity contribution is 5.96. The highest BCUT2D eigenvalue weighted by atomic mass is 16.4. The van der Waals surface area contributed by atoms with Gasteiger partial charge >= 0.3 is 5.97 Å². The molecule has 6 nitrogen and oxygen atoms in total. The Bertz CT molecular complexity index is 882. The molecule has 0 saturated heterocycles. The lowest BCUT2D eigenvalue weighted by Crippen LogP contribution is -2.43. The van der Waals surface area contributed by atoms with Gasteiger partial charge in [0.05, 0.1) is 24.3 Å². The Hall–Kier alpha value is -3.02. The lowest BCUT2D eigenvalue weighted by atomic mass is 10.0. The molecule has 0 spiro atoms. The molecule has 1 aliphatic heterocycles. The number of hydrogen-bond donors (Lipinski definition) is 3. The fraction of sp³-hybridized carbons (Fsp3) is 0.391. The predicted molar refractivity (Wildman–Crippen MR) is 116 cm³/mol. The lowest BCUT2D eigenvalue weighted by Gasteiger charge is -2.29. The number of benzene rings is 2. The Balaban J connectivity index is 1.91. The van der Waals surface area contributed by atoms with Crippen LogP contribution in [0.5, 0.6) is 0 Å². The van der Waals surface area contributed by atoms with E-state index in [0.29, 0.717) is 13.0 Å². The van der Waals surface area contributed by atoms with E-state index in [0.717, 1.165) is 29.0 Å². The van der Waals surface area contributed by atoms with Gasteiger partial charge in [0.25, 0.3) is 0 Å². The molecule has 0 saturated carbocycles. The van der Waals surface area contributed by atoms with Gasteiger partial charge in [-0.15, -0.1) is 0 Å². The number of carbonyl (C=O) groups is 2. The van der Waals surface area contributed by atoms with Crippen molar-refractivity contribution >= 4 is 28.9 Å². The molecule has 3 N–H and O–H groups in total. The summed E-state index contributed by atoms with van der Waals surface area (Å²) >= 11 is 0. The normalized spacial score (nSPS) is 17.4. The van der Waals surface area contributed by atoms with E-state index < -0.39 is 11.6 Å². The molecule has 154 valence electrons. The third-order valence-corrected chi connectivity index (χ3v) is 5.14. The summed E-state index contributed by atoms with van der Waals surface area (Å²) in [6.45, 7) is 6.31. The number of amides is 1. The molecule has 0 fully saturated rings. The van der Waals surface area contributed by atoms with Gasteiger partial charge in [-0.1, -0.05) is 57.5 Å². The first-order valence-electron chi connectivity index (χ1n) is 10.1. The molecule has 0 bridgehead atoms. The minimum Gasteiger partial charge on any atom is -0.481 e. The average molecular weight is 396 g/mol. The first kappa shape index (κ1) is 20.7. The number of aliphatic carboxylic acids is 1. The topological polar surface area (TPSA) is 81.7 Å². The van der Waals surface area contributed by atoms with Gasteiger partial charge in [-0.25, -0.2) is 0 Å². The average Bonchev–Trinajstić information content (AvgIpc) is 3.02. The largest absolute Gasteiger partial charge is 0.481 e. The number of rotatable bonds is 8. The quantitative estimate of drug-likeness (QED) is 0.604. The summed E-state index contributed by atoms with van der Waals surface area (Å²) in [5.74, 6) is -0.943. The number of carbonyl (C=O) groups excluding carboxylic acids is 1. The smallest absolute Gasteiger partial charge is 0.307 e. The van der Waals surface area contributed by atoms with Crippen molar-refractivity contribution in [2.45, 2.75) is 52.2 Å². The maximum Gasteiger partial charge on any atom is 0.307 e. The maximum absolute atomic E-state index is 12.9. The van der Waals surface area contributed by atoms with E-state index in [1.54, 1.807) is 4.90 Å². The number of nitrogens with zero attached hydrogens (tertiary/aromatic N) is 1. The molecule has 1 amide bonds. The van der Waals surface area contributed by atoms with Crippen LogP contribution in [-0.4, -0.2) is 22.6 Å². The zero-order chi connectivity index (χ0) is 21.0. The van der Waals surface area contributed by atoms with Gasteiger partial charge in [0.2, 0.25) is 5.91 Å². The zero-order valence-electron chi connectivity index (χ0n) is 17.2. The second kappa shape index (κ2) is 8.55. The minimum absolute atomic E-state index is 0.0243. The van der Waals surface area contributed by atoms with Crippen LogP contribution in [0.2, 0.25) is 0 Å². The molecule has 29 heavy (non-hydrogen) atoms. The van der Waals surface area contributed by atoms with Crippen LogP contribution in [0.25, 0.3) is 0 Å². The Morgan fingerprint density at radius 1 is 1.07 bits per heavy atom. The van der Waals surface area contributed by atoms with Crippen LogP contribution in [0.4, 0.5) is 17.1 Å². The predicted octanol–water partition coefficient (Wildman–Crippen LogP) is 4.68. The second-order valence-corrected chi connectivity index (χ2v) is 7.95. The van der Waals surface area contributed by atoms with Gasteiger partial charge < -0.3 is 20.6 Å². The van der Waals surface area contributed by atoms with Gasteiger partial charge in [-0.3, -0.25) is 9.59 Å². The molecule has 1 aliphatic rings. The summed E-state index contributed by atoms with van der Waals surface area (Å²) < 4.78 is 0. The molecule has 1 unspecified atom stereocenters. The Morgan fingerprint density at radius 2 is 1.76 bits per heavy atom. The number of fused-ring (bicyclic) bond motifs is 1. The molecule has 0 aliphatic carbocycles. The number of carboxylic acid groups (broad SMARTS) is 1. The van der Waals surface area contributed by atoms with Crippen LogP contribution in [0.15, 0.2) is 48.5 Å².